The summed E-state index contributed by atoms with van der Waals surface area (Å²) >= 11 is 1.49. The molecule has 0 aliphatic carbocycles. The minimum atomic E-state index is -0.649. The number of aromatic nitrogens is 2. The number of thioether (sulfide) groups is 1. The molecule has 28 heavy (non-hydrogen) atoms. The van der Waals surface area contributed by atoms with Gasteiger partial charge in [0.25, 0.3) is 6.47 Å². The van der Waals surface area contributed by atoms with Crippen molar-refractivity contribution in [3.8, 4) is 0 Å². The molecule has 2 heterocycles. The molecule has 1 aliphatic rings. The molecular formula is C19H23FN4O3S. The Balaban J connectivity index is 0.000000878. The number of ketones is 1. The Morgan fingerprint density at radius 2 is 2.18 bits per heavy atom. The Morgan fingerprint density at radius 1 is 1.46 bits per heavy atom. The van der Waals surface area contributed by atoms with E-state index >= 15 is 0 Å². The lowest BCUT2D eigenvalue weighted by molar-refractivity contribution is -0.122. The summed E-state index contributed by atoms with van der Waals surface area (Å²) in [5, 5.41) is 11.5. The predicted octanol–water partition coefficient (Wildman–Crippen LogP) is 2.74. The molecule has 1 aromatic heterocycles. The van der Waals surface area contributed by atoms with E-state index in [-0.39, 0.29) is 24.5 Å². The van der Waals surface area contributed by atoms with Crippen LogP contribution in [0.1, 0.15) is 41.4 Å². The fraction of sp³-hybridized carbons (Fsp3) is 0.368. The Bertz CT molecular complexity index is 884. The van der Waals surface area contributed by atoms with Crippen molar-refractivity contribution in [1.82, 2.24) is 9.78 Å². The van der Waals surface area contributed by atoms with Gasteiger partial charge in [0.15, 0.2) is 11.0 Å². The highest BCUT2D eigenvalue weighted by atomic mass is 32.2. The average Bonchev–Trinajstić information content (AvgIpc) is 3.10. The van der Waals surface area contributed by atoms with Gasteiger partial charge in [-0.1, -0.05) is 24.8 Å². The van der Waals surface area contributed by atoms with E-state index in [0.29, 0.717) is 22.8 Å². The van der Waals surface area contributed by atoms with Gasteiger partial charge in [-0.2, -0.15) is 5.10 Å². The van der Waals surface area contributed by atoms with Gasteiger partial charge in [-0.3, -0.25) is 19.3 Å². The van der Waals surface area contributed by atoms with Crippen LogP contribution in [0.3, 0.4) is 0 Å². The molecule has 0 bridgehead atoms. The van der Waals surface area contributed by atoms with Crippen LogP contribution in [0, 0.1) is 5.82 Å². The molecule has 3 N–H and O–H groups in total. The fourth-order valence-corrected chi connectivity index (χ4v) is 4.03. The lowest BCUT2D eigenvalue weighted by Gasteiger charge is -2.33. The maximum atomic E-state index is 14.6. The topological polar surface area (TPSA) is 111 Å². The number of carboxylic acid groups (broad SMARTS) is 1. The molecule has 3 rings (SSSR count). The van der Waals surface area contributed by atoms with Gasteiger partial charge >= 0.3 is 0 Å². The Morgan fingerprint density at radius 3 is 2.75 bits per heavy atom. The number of aliphatic imine (C=N–C) groups is 1. The molecule has 0 amide bonds. The maximum absolute atomic E-state index is 14.6. The molecule has 0 unspecified atom stereocenters. The summed E-state index contributed by atoms with van der Waals surface area (Å²) < 4.78 is 16.1. The zero-order chi connectivity index (χ0) is 20.7. The number of nitrogens with two attached hydrogens (primary N) is 1. The average molecular weight is 406 g/mol. The smallest absolute Gasteiger partial charge is 0.290 e. The van der Waals surface area contributed by atoms with Crippen LogP contribution in [0.2, 0.25) is 0 Å². The summed E-state index contributed by atoms with van der Waals surface area (Å²) in [5.74, 6) is 0.407. The lowest BCUT2D eigenvalue weighted by Crippen LogP contribution is -2.32. The molecule has 7 nitrogen and oxygen atoms in total. The van der Waals surface area contributed by atoms with Crippen molar-refractivity contribution in [2.45, 2.75) is 31.7 Å². The molecule has 9 heteroatoms. The molecule has 0 fully saturated rings. The van der Waals surface area contributed by atoms with E-state index in [2.05, 4.69) is 10.1 Å². The minimum absolute atomic E-state index is 0.0917. The van der Waals surface area contributed by atoms with Crippen molar-refractivity contribution >= 4 is 29.2 Å². The number of benzene rings is 1. The molecule has 0 saturated carbocycles. The number of carbonyl (C=O) groups excluding carboxylic acids is 1. The van der Waals surface area contributed by atoms with Crippen LogP contribution in [-0.2, 0) is 23.8 Å². The first-order valence-electron chi connectivity index (χ1n) is 8.73. The molecule has 1 aromatic carbocycles. The molecule has 1 atom stereocenters. The van der Waals surface area contributed by atoms with E-state index in [1.165, 1.54) is 17.8 Å². The second-order valence-corrected chi connectivity index (χ2v) is 7.44. The number of halogens is 1. The summed E-state index contributed by atoms with van der Waals surface area (Å²) in [5.41, 5.74) is 6.93. The number of amidine groups is 1. The summed E-state index contributed by atoms with van der Waals surface area (Å²) in [4.78, 5) is 25.3. The quantitative estimate of drug-likeness (QED) is 0.583. The van der Waals surface area contributed by atoms with Gasteiger partial charge in [-0.15, -0.1) is 0 Å². The van der Waals surface area contributed by atoms with Gasteiger partial charge in [-0.05, 0) is 36.6 Å². The lowest BCUT2D eigenvalue weighted by atomic mass is 9.83. The maximum Gasteiger partial charge on any atom is 0.290 e. The Kier molecular flexibility index (Phi) is 7.33. The van der Waals surface area contributed by atoms with Crippen LogP contribution < -0.4 is 5.73 Å². The van der Waals surface area contributed by atoms with Crippen LogP contribution in [0.25, 0.3) is 0 Å². The van der Waals surface area contributed by atoms with Crippen molar-refractivity contribution in [3.05, 3.63) is 53.1 Å². The highest BCUT2D eigenvalue weighted by Crippen LogP contribution is 2.39. The van der Waals surface area contributed by atoms with E-state index in [1.54, 1.807) is 36.1 Å². The summed E-state index contributed by atoms with van der Waals surface area (Å²) in [6.45, 7) is 1.73. The first kappa shape index (κ1) is 21.6. The Labute approximate surface area is 166 Å². The predicted molar refractivity (Wildman–Crippen MR) is 107 cm³/mol. The second-order valence-electron chi connectivity index (χ2n) is 6.33. The Hall–Kier alpha value is -2.68. The number of rotatable bonds is 5. The molecule has 0 spiro atoms. The third kappa shape index (κ3) is 4.98. The van der Waals surface area contributed by atoms with Crippen molar-refractivity contribution in [2.75, 3.05) is 5.75 Å². The third-order valence-electron chi connectivity index (χ3n) is 4.57. The van der Waals surface area contributed by atoms with Crippen LogP contribution in [0.5, 0.6) is 0 Å². The van der Waals surface area contributed by atoms with Gasteiger partial charge in [0.2, 0.25) is 0 Å². The van der Waals surface area contributed by atoms with E-state index in [4.69, 9.17) is 15.6 Å². The largest absolute Gasteiger partial charge is 0.483 e. The normalized spacial score (nSPS) is 18.6. The first-order valence-corrected chi connectivity index (χ1v) is 9.71. The highest BCUT2D eigenvalue weighted by Gasteiger charge is 2.35. The molecule has 150 valence electrons. The summed E-state index contributed by atoms with van der Waals surface area (Å²) in [7, 11) is 1.77. The molecule has 0 radical (unpaired) electrons. The number of nitrogens with zero attached hydrogens (tertiary/aromatic N) is 3. The molecule has 1 aliphatic heterocycles. The molecule has 0 saturated heterocycles. The third-order valence-corrected chi connectivity index (χ3v) is 5.37. The van der Waals surface area contributed by atoms with Gasteiger partial charge in [0.05, 0.1) is 5.54 Å². The number of carbonyl (C=O) groups is 2. The molecular weight excluding hydrogens is 383 g/mol. The van der Waals surface area contributed by atoms with E-state index in [1.807, 2.05) is 6.92 Å². The van der Waals surface area contributed by atoms with Gasteiger partial charge in [-0.25, -0.2) is 4.39 Å². The van der Waals surface area contributed by atoms with Gasteiger partial charge in [0.1, 0.15) is 11.5 Å². The van der Waals surface area contributed by atoms with Crippen LogP contribution >= 0.6 is 11.8 Å². The summed E-state index contributed by atoms with van der Waals surface area (Å²) in [6.07, 6.45) is 3.29. The van der Waals surface area contributed by atoms with E-state index in [0.717, 1.165) is 17.7 Å². The second kappa shape index (κ2) is 9.50. The van der Waals surface area contributed by atoms with Gasteiger partial charge < -0.3 is 10.8 Å². The van der Waals surface area contributed by atoms with Crippen molar-refractivity contribution in [2.24, 2.45) is 17.8 Å². The fourth-order valence-electron chi connectivity index (χ4n) is 3.14. The summed E-state index contributed by atoms with van der Waals surface area (Å²) in [6, 6.07) is 6.50. The van der Waals surface area contributed by atoms with Crippen LogP contribution in [-0.4, -0.2) is 38.1 Å². The number of hydrogen-bond donors (Lipinski definition) is 2. The van der Waals surface area contributed by atoms with Crippen molar-refractivity contribution < 1.29 is 19.1 Å². The number of Topliss-reactive ketones (excluding diaryl/α,β-unsaturated/α-hetero) is 1. The van der Waals surface area contributed by atoms with Crippen molar-refractivity contribution in [3.63, 3.8) is 0 Å². The van der Waals surface area contributed by atoms with Crippen molar-refractivity contribution in [1.29, 1.82) is 0 Å². The molecule has 2 aromatic rings. The monoisotopic (exact) mass is 406 g/mol. The zero-order valence-electron chi connectivity index (χ0n) is 15.8. The zero-order valence-corrected chi connectivity index (χ0v) is 16.6. The van der Waals surface area contributed by atoms with E-state index in [9.17, 15) is 9.18 Å². The minimum Gasteiger partial charge on any atom is -0.483 e. The van der Waals surface area contributed by atoms with Gasteiger partial charge in [0, 0.05) is 31.0 Å². The highest BCUT2D eigenvalue weighted by molar-refractivity contribution is 8.13. The first-order chi connectivity index (χ1) is 13.3. The number of hydrogen-bond acceptors (Lipinski definition) is 6. The van der Waals surface area contributed by atoms with Crippen LogP contribution in [0.4, 0.5) is 4.39 Å². The SMILES string of the molecule is CC[C@@]1(c2cc(CC(=O)c3ccn(C)n3)ccc2F)CCSC(N)=N1.O=CO. The standard InChI is InChI=1S/C18H21FN4OS.CH2O2/c1-3-18(7-9-25-17(20)21-18)13-10-12(4-5-14(13)19)11-16(24)15-6-8-23(2)22-15;2-1-3/h4-6,8,10H,3,7,9,11H2,1-2H3,(H2,20,21);1H,(H,2,3)/t18-;/m0./s1. The van der Waals surface area contributed by atoms with Crippen LogP contribution in [0.15, 0.2) is 35.5 Å². The van der Waals surface area contributed by atoms with E-state index < -0.39 is 5.54 Å². The number of aryl methyl sites for hydroxylation is 1.